The smallest absolute Gasteiger partial charge is 0.318 e. The number of nitrogens with one attached hydrogen (secondary N) is 1. The summed E-state index contributed by atoms with van der Waals surface area (Å²) in [5, 5.41) is 3.40. The van der Waals surface area contributed by atoms with Crippen LogP contribution in [0.25, 0.3) is 0 Å². The Morgan fingerprint density at radius 1 is 1.03 bits per heavy atom. The first-order chi connectivity index (χ1) is 15.1. The lowest BCUT2D eigenvalue weighted by atomic mass is 10.0. The molecule has 2 saturated heterocycles. The van der Waals surface area contributed by atoms with Gasteiger partial charge in [0.15, 0.2) is 0 Å². The van der Waals surface area contributed by atoms with Gasteiger partial charge in [0, 0.05) is 50.8 Å². The topological polar surface area (TPSA) is 38.8 Å². The molecular weight excluding hydrogens is 404 g/mol. The van der Waals surface area contributed by atoms with Gasteiger partial charge in [0.1, 0.15) is 0 Å². The van der Waals surface area contributed by atoms with Crippen LogP contribution < -0.4 is 5.32 Å². The molecule has 166 valence electrons. The van der Waals surface area contributed by atoms with Crippen molar-refractivity contribution in [3.8, 4) is 0 Å². The number of carbonyl (C=O) groups is 1. The summed E-state index contributed by atoms with van der Waals surface area (Å²) in [4.78, 5) is 20.4. The number of piperazine rings is 1. The van der Waals surface area contributed by atoms with Crippen LogP contribution in [0.3, 0.4) is 0 Å². The van der Waals surface area contributed by atoms with Gasteiger partial charge in [-0.2, -0.15) is 11.8 Å². The molecule has 0 saturated carbocycles. The predicted octanol–water partition coefficient (Wildman–Crippen LogP) is 3.78. The van der Waals surface area contributed by atoms with Gasteiger partial charge in [0.25, 0.3) is 0 Å². The van der Waals surface area contributed by atoms with Crippen molar-refractivity contribution in [2.24, 2.45) is 0 Å². The number of likely N-dealkylation sites (N-methyl/N-ethyl adjacent to an activating group) is 1. The van der Waals surface area contributed by atoms with Crippen LogP contribution in [0.1, 0.15) is 28.8 Å². The highest BCUT2D eigenvalue weighted by Gasteiger charge is 2.30. The molecule has 0 aromatic heterocycles. The van der Waals surface area contributed by atoms with Crippen molar-refractivity contribution in [1.29, 1.82) is 0 Å². The van der Waals surface area contributed by atoms with E-state index in [9.17, 15) is 4.79 Å². The molecule has 0 spiro atoms. The molecule has 2 amide bonds. The highest BCUT2D eigenvalue weighted by atomic mass is 32.2. The molecular formula is C25H34N4OS. The quantitative estimate of drug-likeness (QED) is 0.771. The van der Waals surface area contributed by atoms with Crippen LogP contribution in [0.4, 0.5) is 4.79 Å². The molecule has 6 heteroatoms. The fourth-order valence-electron chi connectivity index (χ4n) is 4.35. The van der Waals surface area contributed by atoms with Gasteiger partial charge in [-0.25, -0.2) is 4.79 Å². The number of hydrogen-bond acceptors (Lipinski definition) is 4. The highest BCUT2D eigenvalue weighted by molar-refractivity contribution is 7.99. The molecule has 1 N–H and O–H groups in total. The Morgan fingerprint density at radius 3 is 2.45 bits per heavy atom. The summed E-state index contributed by atoms with van der Waals surface area (Å²) in [5.74, 6) is 1.94. The van der Waals surface area contributed by atoms with E-state index in [1.54, 1.807) is 0 Å². The van der Waals surface area contributed by atoms with Gasteiger partial charge < -0.3 is 15.1 Å². The number of urea groups is 1. The number of hydrogen-bond donors (Lipinski definition) is 1. The first-order valence-electron chi connectivity index (χ1n) is 11.3. The van der Waals surface area contributed by atoms with Crippen molar-refractivity contribution in [2.45, 2.75) is 19.0 Å². The van der Waals surface area contributed by atoms with Gasteiger partial charge in [0.05, 0.1) is 12.1 Å². The molecule has 2 unspecified atom stereocenters. The predicted molar refractivity (Wildman–Crippen MR) is 130 cm³/mol. The summed E-state index contributed by atoms with van der Waals surface area (Å²) in [6.07, 6.45) is 0. The molecule has 2 fully saturated rings. The number of aryl methyl sites for hydroxylation is 1. The monoisotopic (exact) mass is 438 g/mol. The van der Waals surface area contributed by atoms with E-state index in [2.05, 4.69) is 77.6 Å². The van der Waals surface area contributed by atoms with Crippen LogP contribution in [-0.4, -0.2) is 78.6 Å². The summed E-state index contributed by atoms with van der Waals surface area (Å²) in [7, 11) is 2.17. The van der Waals surface area contributed by atoms with Crippen molar-refractivity contribution in [2.75, 3.05) is 57.8 Å². The fraction of sp³-hybridized carbons (Fsp3) is 0.480. The molecule has 2 atom stereocenters. The SMILES string of the molecule is Cc1ccc(C2CSCCN2C(=O)NC(CN2CCN(C)CC2)c2ccccc2)cc1. The number of benzene rings is 2. The van der Waals surface area contributed by atoms with E-state index >= 15 is 0 Å². The minimum atomic E-state index is -0.00893. The Balaban J connectivity index is 1.49. The summed E-state index contributed by atoms with van der Waals surface area (Å²) in [6, 6.07) is 19.2. The largest absolute Gasteiger partial charge is 0.330 e. The van der Waals surface area contributed by atoms with E-state index in [0.29, 0.717) is 0 Å². The van der Waals surface area contributed by atoms with Crippen LogP contribution in [0, 0.1) is 6.92 Å². The van der Waals surface area contributed by atoms with Crippen molar-refractivity contribution in [3.63, 3.8) is 0 Å². The van der Waals surface area contributed by atoms with Crippen LogP contribution in [0.15, 0.2) is 54.6 Å². The molecule has 2 aliphatic rings. The molecule has 2 aliphatic heterocycles. The maximum atomic E-state index is 13.5. The summed E-state index contributed by atoms with van der Waals surface area (Å²) >= 11 is 1.93. The first kappa shape index (κ1) is 22.2. The first-order valence-corrected chi connectivity index (χ1v) is 12.4. The zero-order chi connectivity index (χ0) is 21.6. The Kier molecular flexibility index (Phi) is 7.54. The highest BCUT2D eigenvalue weighted by Crippen LogP contribution is 2.30. The molecule has 0 radical (unpaired) electrons. The van der Waals surface area contributed by atoms with Gasteiger partial charge in [0.2, 0.25) is 0 Å². The lowest BCUT2D eigenvalue weighted by Crippen LogP contribution is -2.51. The average Bonchev–Trinajstić information content (AvgIpc) is 2.81. The van der Waals surface area contributed by atoms with E-state index < -0.39 is 0 Å². The second-order valence-corrected chi connectivity index (χ2v) is 9.86. The Hall–Kier alpha value is -2.02. The second kappa shape index (κ2) is 10.5. The van der Waals surface area contributed by atoms with E-state index in [1.807, 2.05) is 22.7 Å². The van der Waals surface area contributed by atoms with E-state index in [1.165, 1.54) is 16.7 Å². The normalized spacial score (nSPS) is 21.6. The summed E-state index contributed by atoms with van der Waals surface area (Å²) < 4.78 is 0. The van der Waals surface area contributed by atoms with E-state index in [0.717, 1.165) is 50.8 Å². The lowest BCUT2D eigenvalue weighted by molar-refractivity contribution is 0.137. The molecule has 4 rings (SSSR count). The number of amides is 2. The molecule has 2 aromatic carbocycles. The molecule has 2 aromatic rings. The van der Waals surface area contributed by atoms with E-state index in [4.69, 9.17) is 0 Å². The second-order valence-electron chi connectivity index (χ2n) is 8.71. The minimum Gasteiger partial charge on any atom is -0.330 e. The van der Waals surface area contributed by atoms with Crippen molar-refractivity contribution in [3.05, 3.63) is 71.3 Å². The maximum absolute atomic E-state index is 13.5. The molecule has 31 heavy (non-hydrogen) atoms. The number of thioether (sulfide) groups is 1. The average molecular weight is 439 g/mol. The fourth-order valence-corrected chi connectivity index (χ4v) is 5.44. The van der Waals surface area contributed by atoms with Gasteiger partial charge >= 0.3 is 6.03 Å². The van der Waals surface area contributed by atoms with Crippen molar-refractivity contribution >= 4 is 17.8 Å². The third-order valence-electron chi connectivity index (χ3n) is 6.39. The summed E-state index contributed by atoms with van der Waals surface area (Å²) in [5.41, 5.74) is 3.65. The molecule has 5 nitrogen and oxygen atoms in total. The Morgan fingerprint density at radius 2 is 1.74 bits per heavy atom. The van der Waals surface area contributed by atoms with Crippen molar-refractivity contribution < 1.29 is 4.79 Å². The van der Waals surface area contributed by atoms with Crippen LogP contribution in [0.2, 0.25) is 0 Å². The van der Waals surface area contributed by atoms with Gasteiger partial charge in [-0.15, -0.1) is 0 Å². The number of rotatable bonds is 5. The minimum absolute atomic E-state index is 0.00893. The zero-order valence-corrected chi connectivity index (χ0v) is 19.5. The van der Waals surface area contributed by atoms with E-state index in [-0.39, 0.29) is 18.1 Å². The van der Waals surface area contributed by atoms with Crippen LogP contribution in [0.5, 0.6) is 0 Å². The third kappa shape index (κ3) is 5.82. The zero-order valence-electron chi connectivity index (χ0n) is 18.7. The third-order valence-corrected chi connectivity index (χ3v) is 7.41. The van der Waals surface area contributed by atoms with Crippen LogP contribution in [-0.2, 0) is 0 Å². The maximum Gasteiger partial charge on any atom is 0.318 e. The van der Waals surface area contributed by atoms with Crippen molar-refractivity contribution in [1.82, 2.24) is 20.0 Å². The number of nitrogens with zero attached hydrogens (tertiary/aromatic N) is 3. The molecule has 2 heterocycles. The number of carbonyl (C=O) groups excluding carboxylic acids is 1. The Labute approximate surface area is 190 Å². The van der Waals surface area contributed by atoms with Gasteiger partial charge in [-0.3, -0.25) is 4.90 Å². The van der Waals surface area contributed by atoms with Gasteiger partial charge in [-0.1, -0.05) is 60.2 Å². The molecule has 0 aliphatic carbocycles. The van der Waals surface area contributed by atoms with Gasteiger partial charge in [-0.05, 0) is 25.1 Å². The summed E-state index contributed by atoms with van der Waals surface area (Å²) in [6.45, 7) is 7.98. The molecule has 0 bridgehead atoms. The lowest BCUT2D eigenvalue weighted by Gasteiger charge is -2.38. The van der Waals surface area contributed by atoms with Crippen LogP contribution >= 0.6 is 11.8 Å². The standard InChI is InChI=1S/C25H34N4OS/c1-20-8-10-22(11-9-20)24-19-31-17-16-29(24)25(30)26-23(21-6-4-3-5-7-21)18-28-14-12-27(2)13-15-28/h3-11,23-24H,12-19H2,1-2H3,(H,26,30). The Bertz CT molecular complexity index is 836.